The smallest absolute Gasteiger partial charge is 0.228 e. The minimum absolute atomic E-state index is 0.0798. The summed E-state index contributed by atoms with van der Waals surface area (Å²) < 4.78 is 2.25. The van der Waals surface area contributed by atoms with E-state index in [0.29, 0.717) is 5.02 Å². The van der Waals surface area contributed by atoms with Crippen molar-refractivity contribution in [2.24, 2.45) is 0 Å². The maximum atomic E-state index is 12.3. The Balaban J connectivity index is 1.52. The number of fused-ring (bicyclic) bond motifs is 1. The van der Waals surface area contributed by atoms with Crippen molar-refractivity contribution in [1.29, 1.82) is 0 Å². The summed E-state index contributed by atoms with van der Waals surface area (Å²) in [5.41, 5.74) is 3.78. The van der Waals surface area contributed by atoms with Gasteiger partial charge in [-0.05, 0) is 30.2 Å². The highest BCUT2D eigenvalue weighted by Gasteiger charge is 2.16. The molecule has 0 fully saturated rings. The van der Waals surface area contributed by atoms with Crippen LogP contribution in [0.1, 0.15) is 17.8 Å². The number of nitrogens with zero attached hydrogens (tertiary/aromatic N) is 2. The van der Waals surface area contributed by atoms with Crippen molar-refractivity contribution in [3.05, 3.63) is 71.1 Å². The van der Waals surface area contributed by atoms with E-state index in [9.17, 15) is 4.79 Å². The minimum Gasteiger partial charge on any atom is -0.328 e. The second kappa shape index (κ2) is 6.73. The fraction of sp³-hybridized carbons (Fsp3) is 0.200. The van der Waals surface area contributed by atoms with Crippen molar-refractivity contribution >= 4 is 23.2 Å². The molecular weight excluding hydrogens is 334 g/mol. The SMILES string of the molecule is O=C(Cc1ccccc1Cl)Nc1cccc(-c2cnc3n2CCC3)c1. The number of carbonyl (C=O) groups excluding carboxylic acids is 1. The lowest BCUT2D eigenvalue weighted by Gasteiger charge is -2.09. The van der Waals surface area contributed by atoms with Crippen molar-refractivity contribution in [3.63, 3.8) is 0 Å². The minimum atomic E-state index is -0.0798. The molecule has 1 N–H and O–H groups in total. The normalized spacial score (nSPS) is 12.8. The van der Waals surface area contributed by atoms with Gasteiger partial charge in [0.05, 0.1) is 18.3 Å². The average molecular weight is 352 g/mol. The van der Waals surface area contributed by atoms with Gasteiger partial charge >= 0.3 is 0 Å². The van der Waals surface area contributed by atoms with E-state index in [2.05, 4.69) is 14.9 Å². The van der Waals surface area contributed by atoms with Gasteiger partial charge in [0, 0.05) is 29.2 Å². The standard InChI is InChI=1S/C20H18ClN3O/c21-17-8-2-1-5-14(17)12-20(25)23-16-7-3-6-15(11-16)18-13-22-19-9-4-10-24(18)19/h1-3,5-8,11,13H,4,9-10,12H2,(H,23,25). The van der Waals surface area contributed by atoms with E-state index in [1.807, 2.05) is 48.7 Å². The highest BCUT2D eigenvalue weighted by molar-refractivity contribution is 6.31. The molecule has 1 aliphatic rings. The molecule has 126 valence electrons. The van der Waals surface area contributed by atoms with Gasteiger partial charge in [-0.2, -0.15) is 0 Å². The predicted molar refractivity (Wildman–Crippen MR) is 99.8 cm³/mol. The van der Waals surface area contributed by atoms with E-state index in [0.717, 1.165) is 47.7 Å². The third-order valence-electron chi connectivity index (χ3n) is 4.47. The van der Waals surface area contributed by atoms with E-state index < -0.39 is 0 Å². The number of amides is 1. The quantitative estimate of drug-likeness (QED) is 0.760. The Morgan fingerprint density at radius 2 is 2.08 bits per heavy atom. The zero-order valence-corrected chi connectivity index (χ0v) is 14.5. The van der Waals surface area contributed by atoms with Crippen LogP contribution in [0.5, 0.6) is 0 Å². The summed E-state index contributed by atoms with van der Waals surface area (Å²) in [4.78, 5) is 16.8. The number of rotatable bonds is 4. The summed E-state index contributed by atoms with van der Waals surface area (Å²) in [7, 11) is 0. The van der Waals surface area contributed by atoms with Gasteiger partial charge in [0.1, 0.15) is 5.82 Å². The Bertz CT molecular complexity index is 932. The van der Waals surface area contributed by atoms with Gasteiger partial charge in [0.15, 0.2) is 0 Å². The summed E-state index contributed by atoms with van der Waals surface area (Å²) in [5.74, 6) is 1.06. The van der Waals surface area contributed by atoms with Gasteiger partial charge in [-0.3, -0.25) is 4.79 Å². The van der Waals surface area contributed by atoms with Crippen LogP contribution in [-0.2, 0) is 24.2 Å². The largest absolute Gasteiger partial charge is 0.328 e. The van der Waals surface area contributed by atoms with Crippen LogP contribution in [0.4, 0.5) is 5.69 Å². The first-order valence-electron chi connectivity index (χ1n) is 8.39. The number of hydrogen-bond acceptors (Lipinski definition) is 2. The molecule has 3 aromatic rings. The molecule has 0 atom stereocenters. The number of anilines is 1. The summed E-state index contributed by atoms with van der Waals surface area (Å²) in [5, 5.41) is 3.57. The number of imidazole rings is 1. The second-order valence-corrected chi connectivity index (χ2v) is 6.62. The molecule has 2 heterocycles. The third-order valence-corrected chi connectivity index (χ3v) is 4.84. The lowest BCUT2D eigenvalue weighted by Crippen LogP contribution is -2.14. The number of aromatic nitrogens is 2. The number of carbonyl (C=O) groups is 1. The van der Waals surface area contributed by atoms with Gasteiger partial charge in [-0.15, -0.1) is 0 Å². The second-order valence-electron chi connectivity index (χ2n) is 6.21. The molecule has 0 radical (unpaired) electrons. The summed E-state index contributed by atoms with van der Waals surface area (Å²) >= 11 is 6.13. The van der Waals surface area contributed by atoms with Gasteiger partial charge in [0.2, 0.25) is 5.91 Å². The molecule has 1 amide bonds. The molecule has 0 bridgehead atoms. The van der Waals surface area contributed by atoms with E-state index in [4.69, 9.17) is 11.6 Å². The monoisotopic (exact) mass is 351 g/mol. The van der Waals surface area contributed by atoms with Crippen LogP contribution in [0, 0.1) is 0 Å². The van der Waals surface area contributed by atoms with E-state index in [1.54, 1.807) is 6.07 Å². The predicted octanol–water partition coefficient (Wildman–Crippen LogP) is 4.33. The Hall–Kier alpha value is -2.59. The molecule has 1 aliphatic heterocycles. The van der Waals surface area contributed by atoms with Crippen LogP contribution in [0.15, 0.2) is 54.7 Å². The van der Waals surface area contributed by atoms with Crippen molar-refractivity contribution in [2.45, 2.75) is 25.8 Å². The van der Waals surface area contributed by atoms with Crippen molar-refractivity contribution < 1.29 is 4.79 Å². The third kappa shape index (κ3) is 3.30. The maximum absolute atomic E-state index is 12.3. The van der Waals surface area contributed by atoms with Crippen LogP contribution in [0.3, 0.4) is 0 Å². The molecule has 1 aromatic heterocycles. The summed E-state index contributed by atoms with van der Waals surface area (Å²) in [6, 6.07) is 15.3. The molecule has 4 rings (SSSR count). The molecule has 5 heteroatoms. The Labute approximate surface area is 151 Å². The Kier molecular flexibility index (Phi) is 4.28. The van der Waals surface area contributed by atoms with Gasteiger partial charge in [0.25, 0.3) is 0 Å². The van der Waals surface area contributed by atoms with Crippen molar-refractivity contribution in [1.82, 2.24) is 9.55 Å². The van der Waals surface area contributed by atoms with Gasteiger partial charge in [-0.1, -0.05) is 41.9 Å². The molecule has 4 nitrogen and oxygen atoms in total. The molecule has 0 saturated carbocycles. The maximum Gasteiger partial charge on any atom is 0.228 e. The van der Waals surface area contributed by atoms with E-state index in [-0.39, 0.29) is 12.3 Å². The number of benzene rings is 2. The Morgan fingerprint density at radius 1 is 1.20 bits per heavy atom. The van der Waals surface area contributed by atoms with E-state index >= 15 is 0 Å². The van der Waals surface area contributed by atoms with Crippen molar-refractivity contribution in [2.75, 3.05) is 5.32 Å². The number of aryl methyl sites for hydroxylation is 1. The molecule has 0 spiro atoms. The fourth-order valence-corrected chi connectivity index (χ4v) is 3.47. The molecular formula is C20H18ClN3O. The first-order chi connectivity index (χ1) is 12.2. The van der Waals surface area contributed by atoms with Crippen LogP contribution in [0.2, 0.25) is 5.02 Å². The molecule has 2 aromatic carbocycles. The first kappa shape index (κ1) is 15.9. The highest BCUT2D eigenvalue weighted by atomic mass is 35.5. The molecule has 0 saturated heterocycles. The number of nitrogens with one attached hydrogen (secondary N) is 1. The molecule has 25 heavy (non-hydrogen) atoms. The van der Waals surface area contributed by atoms with Gasteiger partial charge < -0.3 is 9.88 Å². The summed E-state index contributed by atoms with van der Waals surface area (Å²) in [6.45, 7) is 1.01. The molecule has 0 unspecified atom stereocenters. The van der Waals surface area contributed by atoms with Gasteiger partial charge in [-0.25, -0.2) is 4.98 Å². The average Bonchev–Trinajstić information content (AvgIpc) is 3.20. The van der Waals surface area contributed by atoms with E-state index in [1.165, 1.54) is 0 Å². The topological polar surface area (TPSA) is 46.9 Å². The van der Waals surface area contributed by atoms with Crippen LogP contribution < -0.4 is 5.32 Å². The Morgan fingerprint density at radius 3 is 2.96 bits per heavy atom. The van der Waals surface area contributed by atoms with Crippen LogP contribution in [-0.4, -0.2) is 15.5 Å². The highest BCUT2D eigenvalue weighted by Crippen LogP contribution is 2.27. The van der Waals surface area contributed by atoms with Crippen LogP contribution >= 0.6 is 11.6 Å². The lowest BCUT2D eigenvalue weighted by molar-refractivity contribution is -0.115. The zero-order chi connectivity index (χ0) is 17.2. The number of hydrogen-bond donors (Lipinski definition) is 1. The van der Waals surface area contributed by atoms with Crippen molar-refractivity contribution in [3.8, 4) is 11.3 Å². The number of halogens is 1. The van der Waals surface area contributed by atoms with Crippen LogP contribution in [0.25, 0.3) is 11.3 Å². The first-order valence-corrected chi connectivity index (χ1v) is 8.76. The fourth-order valence-electron chi connectivity index (χ4n) is 3.26. The lowest BCUT2D eigenvalue weighted by atomic mass is 10.1. The zero-order valence-electron chi connectivity index (χ0n) is 13.7. The molecule has 0 aliphatic carbocycles. The summed E-state index contributed by atoms with van der Waals surface area (Å²) in [6.07, 6.45) is 4.35.